The average molecular weight is 385 g/mol. The van der Waals surface area contributed by atoms with Gasteiger partial charge in [0.05, 0.1) is 4.92 Å². The first kappa shape index (κ1) is 19.7. The summed E-state index contributed by atoms with van der Waals surface area (Å²) < 4.78 is 1.26. The van der Waals surface area contributed by atoms with Gasteiger partial charge in [-0.1, -0.05) is 18.6 Å². The Bertz CT molecular complexity index is 934. The Morgan fingerprint density at radius 3 is 2.68 bits per heavy atom. The summed E-state index contributed by atoms with van der Waals surface area (Å²) in [7, 11) is 0. The molecule has 0 atom stereocenters. The summed E-state index contributed by atoms with van der Waals surface area (Å²) in [5.74, 6) is -0.575. The van der Waals surface area contributed by atoms with Crippen molar-refractivity contribution < 1.29 is 9.72 Å². The normalized spacial score (nSPS) is 14.6. The van der Waals surface area contributed by atoms with Crippen LogP contribution in [0.4, 0.5) is 5.69 Å². The number of nitro groups is 1. The van der Waals surface area contributed by atoms with Gasteiger partial charge in [-0.25, -0.2) is 4.68 Å². The Morgan fingerprint density at radius 1 is 1.25 bits per heavy atom. The predicted molar refractivity (Wildman–Crippen MR) is 104 cm³/mol. The summed E-state index contributed by atoms with van der Waals surface area (Å²) >= 11 is 0. The van der Waals surface area contributed by atoms with Crippen LogP contribution in [0.25, 0.3) is 5.69 Å². The number of carbonyl (C=O) groups excluding carboxylic acids is 1. The van der Waals surface area contributed by atoms with Gasteiger partial charge in [-0.3, -0.25) is 19.7 Å². The molecule has 9 nitrogen and oxygen atoms in total. The number of nitro benzene ring substituents is 1. The molecule has 0 radical (unpaired) electrons. The fourth-order valence-electron chi connectivity index (χ4n) is 3.34. The molecule has 1 N–H and O–H groups in total. The molecule has 2 aromatic rings. The number of hydrogen-bond donors (Lipinski definition) is 1. The first-order valence-corrected chi connectivity index (χ1v) is 9.32. The number of carbonyl (C=O) groups is 1. The molecule has 1 amide bonds. The van der Waals surface area contributed by atoms with Crippen LogP contribution in [-0.4, -0.2) is 51.7 Å². The van der Waals surface area contributed by atoms with E-state index in [1.165, 1.54) is 29.3 Å². The number of hydrogen-bond acceptors (Lipinski definition) is 6. The van der Waals surface area contributed by atoms with Gasteiger partial charge in [-0.05, 0) is 38.9 Å². The summed E-state index contributed by atoms with van der Waals surface area (Å²) in [6.07, 6.45) is 3.56. The second kappa shape index (κ2) is 8.75. The molecule has 3 rings (SSSR count). The van der Waals surface area contributed by atoms with E-state index in [0.29, 0.717) is 12.2 Å². The Morgan fingerprint density at radius 2 is 1.96 bits per heavy atom. The SMILES string of the molecule is Cc1cc(=O)c(C(=O)NCCN2CCCCC2)nn1-c1ccccc1[N+](=O)[O-]. The zero-order chi connectivity index (χ0) is 20.1. The Kier molecular flexibility index (Phi) is 6.15. The maximum atomic E-state index is 12.5. The summed E-state index contributed by atoms with van der Waals surface area (Å²) in [5, 5.41) is 18.2. The van der Waals surface area contributed by atoms with Crippen molar-refractivity contribution in [3.63, 3.8) is 0 Å². The average Bonchev–Trinajstić information content (AvgIpc) is 2.69. The van der Waals surface area contributed by atoms with Gasteiger partial charge in [0.15, 0.2) is 5.69 Å². The minimum absolute atomic E-state index is 0.154. The van der Waals surface area contributed by atoms with Crippen molar-refractivity contribution in [1.29, 1.82) is 0 Å². The van der Waals surface area contributed by atoms with Crippen LogP contribution in [0.5, 0.6) is 0 Å². The van der Waals surface area contributed by atoms with Crippen LogP contribution in [0.2, 0.25) is 0 Å². The van der Waals surface area contributed by atoms with E-state index in [9.17, 15) is 19.7 Å². The zero-order valence-electron chi connectivity index (χ0n) is 15.8. The van der Waals surface area contributed by atoms with Crippen LogP contribution >= 0.6 is 0 Å². The predicted octanol–water partition coefficient (Wildman–Crippen LogP) is 1.66. The van der Waals surface area contributed by atoms with E-state index in [-0.39, 0.29) is 17.1 Å². The molecule has 1 fully saturated rings. The first-order chi connectivity index (χ1) is 13.5. The highest BCUT2D eigenvalue weighted by Gasteiger charge is 2.20. The lowest BCUT2D eigenvalue weighted by Gasteiger charge is -2.26. The summed E-state index contributed by atoms with van der Waals surface area (Å²) in [4.78, 5) is 37.8. The van der Waals surface area contributed by atoms with Crippen molar-refractivity contribution in [3.05, 3.63) is 62.1 Å². The van der Waals surface area contributed by atoms with Gasteiger partial charge in [-0.2, -0.15) is 5.10 Å². The van der Waals surface area contributed by atoms with E-state index in [0.717, 1.165) is 32.5 Å². The molecule has 1 aliphatic heterocycles. The monoisotopic (exact) mass is 385 g/mol. The van der Waals surface area contributed by atoms with Crippen molar-refractivity contribution in [2.24, 2.45) is 0 Å². The third-order valence-electron chi connectivity index (χ3n) is 4.79. The van der Waals surface area contributed by atoms with Gasteiger partial charge >= 0.3 is 0 Å². The highest BCUT2D eigenvalue weighted by molar-refractivity contribution is 5.92. The minimum atomic E-state index is -0.575. The van der Waals surface area contributed by atoms with Crippen molar-refractivity contribution in [1.82, 2.24) is 20.0 Å². The standard InChI is InChI=1S/C19H23N5O4/c1-14-13-17(25)18(19(26)20-9-12-22-10-5-2-6-11-22)21-23(14)15-7-3-4-8-16(15)24(27)28/h3-4,7-8,13H,2,5-6,9-12H2,1H3,(H,20,26). The lowest BCUT2D eigenvalue weighted by Crippen LogP contribution is -2.39. The van der Waals surface area contributed by atoms with Gasteiger partial charge in [-0.15, -0.1) is 0 Å². The highest BCUT2D eigenvalue weighted by Crippen LogP contribution is 2.22. The molecule has 0 bridgehead atoms. The number of benzene rings is 1. The van der Waals surface area contributed by atoms with Crippen LogP contribution in [0.15, 0.2) is 35.1 Å². The second-order valence-electron chi connectivity index (χ2n) is 6.81. The number of likely N-dealkylation sites (tertiary alicyclic amines) is 1. The summed E-state index contributed by atoms with van der Waals surface area (Å²) in [6.45, 7) is 4.78. The number of rotatable bonds is 6. The van der Waals surface area contributed by atoms with Gasteiger partial charge in [0.1, 0.15) is 5.69 Å². The highest BCUT2D eigenvalue weighted by atomic mass is 16.6. The first-order valence-electron chi connectivity index (χ1n) is 9.32. The molecule has 9 heteroatoms. The van der Waals surface area contributed by atoms with Crippen LogP contribution in [0.1, 0.15) is 35.4 Å². The maximum absolute atomic E-state index is 12.5. The van der Waals surface area contributed by atoms with E-state index < -0.39 is 16.3 Å². The summed E-state index contributed by atoms with van der Waals surface area (Å²) in [5.41, 5.74) is -0.333. The molecule has 0 unspecified atom stereocenters. The van der Waals surface area contributed by atoms with E-state index in [2.05, 4.69) is 15.3 Å². The molecule has 1 aliphatic rings. The molecule has 0 spiro atoms. The smallest absolute Gasteiger partial charge is 0.294 e. The third kappa shape index (κ3) is 4.42. The molecular formula is C19H23N5O4. The quantitative estimate of drug-likeness (QED) is 0.598. The van der Waals surface area contributed by atoms with Crippen LogP contribution in [0.3, 0.4) is 0 Å². The molecule has 1 aromatic carbocycles. The molecule has 148 valence electrons. The van der Waals surface area contributed by atoms with Gasteiger partial charge in [0.2, 0.25) is 5.43 Å². The number of nitrogens with one attached hydrogen (secondary N) is 1. The van der Waals surface area contributed by atoms with Crippen LogP contribution in [0, 0.1) is 17.0 Å². The van der Waals surface area contributed by atoms with Crippen molar-refractivity contribution >= 4 is 11.6 Å². The number of aryl methyl sites for hydroxylation is 1. The molecule has 28 heavy (non-hydrogen) atoms. The number of para-hydroxylation sites is 2. The molecule has 1 saturated heterocycles. The summed E-state index contributed by atoms with van der Waals surface area (Å²) in [6, 6.07) is 7.34. The molecule has 1 aromatic heterocycles. The maximum Gasteiger partial charge on any atom is 0.294 e. The fraction of sp³-hybridized carbons (Fsp3) is 0.421. The lowest BCUT2D eigenvalue weighted by atomic mass is 10.1. The van der Waals surface area contributed by atoms with Crippen molar-refractivity contribution in [3.8, 4) is 5.69 Å². The van der Waals surface area contributed by atoms with Crippen molar-refractivity contribution in [2.45, 2.75) is 26.2 Å². The Hall–Kier alpha value is -3.07. The molecule has 2 heterocycles. The number of nitrogens with zero attached hydrogens (tertiary/aromatic N) is 4. The third-order valence-corrected chi connectivity index (χ3v) is 4.79. The minimum Gasteiger partial charge on any atom is -0.349 e. The second-order valence-corrected chi connectivity index (χ2v) is 6.81. The largest absolute Gasteiger partial charge is 0.349 e. The fourth-order valence-corrected chi connectivity index (χ4v) is 3.34. The molecule has 0 aliphatic carbocycles. The van der Waals surface area contributed by atoms with E-state index in [1.54, 1.807) is 19.1 Å². The van der Waals surface area contributed by atoms with Crippen LogP contribution < -0.4 is 10.7 Å². The van der Waals surface area contributed by atoms with E-state index in [4.69, 9.17) is 0 Å². The number of amides is 1. The molecule has 0 saturated carbocycles. The van der Waals surface area contributed by atoms with Crippen LogP contribution in [-0.2, 0) is 0 Å². The van der Waals surface area contributed by atoms with Crippen molar-refractivity contribution in [2.75, 3.05) is 26.2 Å². The Balaban J connectivity index is 1.80. The van der Waals surface area contributed by atoms with E-state index in [1.807, 2.05) is 0 Å². The number of aromatic nitrogens is 2. The van der Waals surface area contributed by atoms with Gasteiger partial charge < -0.3 is 10.2 Å². The number of piperidine rings is 1. The van der Waals surface area contributed by atoms with E-state index >= 15 is 0 Å². The lowest BCUT2D eigenvalue weighted by molar-refractivity contribution is -0.384. The Labute approximate surface area is 162 Å². The zero-order valence-corrected chi connectivity index (χ0v) is 15.8. The molecular weight excluding hydrogens is 362 g/mol. The topological polar surface area (TPSA) is 110 Å². The van der Waals surface area contributed by atoms with Gasteiger partial charge in [0, 0.05) is 30.9 Å². The van der Waals surface area contributed by atoms with Gasteiger partial charge in [0.25, 0.3) is 11.6 Å².